The molecule has 1 atom stereocenters. The number of benzene rings is 1. The van der Waals surface area contributed by atoms with E-state index in [1.807, 2.05) is 6.20 Å². The molecule has 1 aliphatic heterocycles. The predicted octanol–water partition coefficient (Wildman–Crippen LogP) is 3.38. The number of aromatic amines is 1. The van der Waals surface area contributed by atoms with E-state index in [-0.39, 0.29) is 0 Å². The quantitative estimate of drug-likeness (QED) is 0.882. The van der Waals surface area contributed by atoms with Gasteiger partial charge in [0.2, 0.25) is 0 Å². The fourth-order valence-corrected chi connectivity index (χ4v) is 3.32. The SMILES string of the molecule is CC1CCN(C(C)CNCc2cccc3[nH]ccc23)CC1. The summed E-state index contributed by atoms with van der Waals surface area (Å²) in [5.74, 6) is 0.910. The number of likely N-dealkylation sites (tertiary alicyclic amines) is 1. The third-order valence-corrected chi connectivity index (χ3v) is 4.88. The summed E-state index contributed by atoms with van der Waals surface area (Å²) in [6.45, 7) is 9.26. The van der Waals surface area contributed by atoms with Crippen molar-refractivity contribution < 1.29 is 0 Å². The minimum atomic E-state index is 0.628. The Morgan fingerprint density at radius 1 is 1.29 bits per heavy atom. The first-order valence-electron chi connectivity index (χ1n) is 8.24. The van der Waals surface area contributed by atoms with Crippen LogP contribution in [0.15, 0.2) is 30.5 Å². The van der Waals surface area contributed by atoms with E-state index in [0.29, 0.717) is 6.04 Å². The third kappa shape index (κ3) is 3.47. The first-order valence-corrected chi connectivity index (χ1v) is 8.24. The lowest BCUT2D eigenvalue weighted by Gasteiger charge is -2.35. The number of hydrogen-bond donors (Lipinski definition) is 2. The van der Waals surface area contributed by atoms with Gasteiger partial charge >= 0.3 is 0 Å². The molecule has 3 heteroatoms. The van der Waals surface area contributed by atoms with Gasteiger partial charge in [-0.05, 0) is 56.5 Å². The van der Waals surface area contributed by atoms with E-state index in [2.05, 4.69) is 53.3 Å². The van der Waals surface area contributed by atoms with Gasteiger partial charge in [0.1, 0.15) is 0 Å². The number of fused-ring (bicyclic) bond motifs is 1. The lowest BCUT2D eigenvalue weighted by atomic mass is 9.98. The maximum atomic E-state index is 3.64. The highest BCUT2D eigenvalue weighted by atomic mass is 15.2. The van der Waals surface area contributed by atoms with Crippen molar-refractivity contribution in [3.8, 4) is 0 Å². The molecule has 2 aromatic rings. The number of H-pyrrole nitrogens is 1. The van der Waals surface area contributed by atoms with Crippen LogP contribution in [0.3, 0.4) is 0 Å². The van der Waals surface area contributed by atoms with Gasteiger partial charge in [-0.2, -0.15) is 0 Å². The Morgan fingerprint density at radius 2 is 2.10 bits per heavy atom. The second-order valence-corrected chi connectivity index (χ2v) is 6.55. The Kier molecular flexibility index (Phi) is 4.61. The van der Waals surface area contributed by atoms with Crippen LogP contribution in [0.1, 0.15) is 32.3 Å². The average molecular weight is 285 g/mol. The Hall–Kier alpha value is -1.32. The van der Waals surface area contributed by atoms with Crippen molar-refractivity contribution in [2.75, 3.05) is 19.6 Å². The van der Waals surface area contributed by atoms with Gasteiger partial charge in [-0.3, -0.25) is 4.90 Å². The lowest BCUT2D eigenvalue weighted by molar-refractivity contribution is 0.144. The van der Waals surface area contributed by atoms with Crippen LogP contribution in [-0.2, 0) is 6.54 Å². The summed E-state index contributed by atoms with van der Waals surface area (Å²) in [5, 5.41) is 4.97. The monoisotopic (exact) mass is 285 g/mol. The van der Waals surface area contributed by atoms with Crippen LogP contribution in [-0.4, -0.2) is 35.6 Å². The van der Waals surface area contributed by atoms with E-state index >= 15 is 0 Å². The molecule has 1 aromatic carbocycles. The zero-order chi connectivity index (χ0) is 14.7. The molecule has 2 heterocycles. The molecule has 2 N–H and O–H groups in total. The van der Waals surface area contributed by atoms with Crippen molar-refractivity contribution in [1.82, 2.24) is 15.2 Å². The largest absolute Gasteiger partial charge is 0.361 e. The van der Waals surface area contributed by atoms with Crippen LogP contribution in [0, 0.1) is 5.92 Å². The number of nitrogens with one attached hydrogen (secondary N) is 2. The predicted molar refractivity (Wildman–Crippen MR) is 89.4 cm³/mol. The van der Waals surface area contributed by atoms with Gasteiger partial charge in [-0.25, -0.2) is 0 Å². The van der Waals surface area contributed by atoms with Crippen molar-refractivity contribution in [2.24, 2.45) is 5.92 Å². The van der Waals surface area contributed by atoms with Crippen LogP contribution in [0.25, 0.3) is 10.9 Å². The molecule has 0 spiro atoms. The van der Waals surface area contributed by atoms with E-state index in [4.69, 9.17) is 0 Å². The topological polar surface area (TPSA) is 31.1 Å². The van der Waals surface area contributed by atoms with E-state index in [1.54, 1.807) is 0 Å². The van der Waals surface area contributed by atoms with Crippen molar-refractivity contribution in [3.63, 3.8) is 0 Å². The van der Waals surface area contributed by atoms with Crippen molar-refractivity contribution >= 4 is 10.9 Å². The maximum absolute atomic E-state index is 3.64. The maximum Gasteiger partial charge on any atom is 0.0457 e. The van der Waals surface area contributed by atoms with Crippen molar-refractivity contribution in [1.29, 1.82) is 0 Å². The number of hydrogen-bond acceptors (Lipinski definition) is 2. The highest BCUT2D eigenvalue weighted by Crippen LogP contribution is 2.19. The third-order valence-electron chi connectivity index (χ3n) is 4.88. The smallest absolute Gasteiger partial charge is 0.0457 e. The molecule has 1 aromatic heterocycles. The summed E-state index contributed by atoms with van der Waals surface area (Å²) < 4.78 is 0. The molecule has 3 nitrogen and oxygen atoms in total. The van der Waals surface area contributed by atoms with Crippen molar-refractivity contribution in [3.05, 3.63) is 36.0 Å². The molecule has 1 fully saturated rings. The van der Waals surface area contributed by atoms with Crippen LogP contribution in [0.5, 0.6) is 0 Å². The molecule has 1 aliphatic rings. The summed E-state index contributed by atoms with van der Waals surface area (Å²) in [6, 6.07) is 9.28. The Bertz CT molecular complexity index is 567. The number of piperidine rings is 1. The molecule has 0 amide bonds. The fraction of sp³-hybridized carbons (Fsp3) is 0.556. The van der Waals surface area contributed by atoms with Crippen LogP contribution in [0.4, 0.5) is 0 Å². The number of rotatable bonds is 5. The summed E-state index contributed by atoms with van der Waals surface area (Å²) >= 11 is 0. The molecule has 1 unspecified atom stereocenters. The Morgan fingerprint density at radius 3 is 2.90 bits per heavy atom. The second-order valence-electron chi connectivity index (χ2n) is 6.55. The van der Waals surface area contributed by atoms with Gasteiger partial charge < -0.3 is 10.3 Å². The van der Waals surface area contributed by atoms with Crippen LogP contribution >= 0.6 is 0 Å². The van der Waals surface area contributed by atoms with Gasteiger partial charge in [0.25, 0.3) is 0 Å². The average Bonchev–Trinajstić information content (AvgIpc) is 2.97. The lowest BCUT2D eigenvalue weighted by Crippen LogP contribution is -2.44. The van der Waals surface area contributed by atoms with Gasteiger partial charge in [-0.1, -0.05) is 19.1 Å². The summed E-state index contributed by atoms with van der Waals surface area (Å²) in [7, 11) is 0. The van der Waals surface area contributed by atoms with Crippen molar-refractivity contribution in [2.45, 2.75) is 39.3 Å². The highest BCUT2D eigenvalue weighted by molar-refractivity contribution is 5.82. The van der Waals surface area contributed by atoms with Gasteiger partial charge in [0, 0.05) is 36.2 Å². The molecule has 0 saturated carbocycles. The minimum Gasteiger partial charge on any atom is -0.361 e. The standard InChI is InChI=1S/C18H27N3/c1-14-7-10-21(11-8-14)15(2)12-19-13-16-4-3-5-18-17(16)6-9-20-18/h3-6,9,14-15,19-20H,7-8,10-13H2,1-2H3. The normalized spacial score (nSPS) is 19.1. The number of nitrogens with zero attached hydrogens (tertiary/aromatic N) is 1. The van der Waals surface area contributed by atoms with E-state index in [0.717, 1.165) is 19.0 Å². The van der Waals surface area contributed by atoms with Gasteiger partial charge in [0.05, 0.1) is 0 Å². The molecular weight excluding hydrogens is 258 g/mol. The van der Waals surface area contributed by atoms with Gasteiger partial charge in [-0.15, -0.1) is 0 Å². The van der Waals surface area contributed by atoms with Crippen LogP contribution < -0.4 is 5.32 Å². The van der Waals surface area contributed by atoms with Crippen LogP contribution in [0.2, 0.25) is 0 Å². The van der Waals surface area contributed by atoms with E-state index < -0.39 is 0 Å². The number of aromatic nitrogens is 1. The zero-order valence-electron chi connectivity index (χ0n) is 13.2. The van der Waals surface area contributed by atoms with Gasteiger partial charge in [0.15, 0.2) is 0 Å². The summed E-state index contributed by atoms with van der Waals surface area (Å²) in [6.07, 6.45) is 4.73. The molecule has 0 radical (unpaired) electrons. The summed E-state index contributed by atoms with van der Waals surface area (Å²) in [4.78, 5) is 5.91. The molecule has 0 aliphatic carbocycles. The fourth-order valence-electron chi connectivity index (χ4n) is 3.32. The highest BCUT2D eigenvalue weighted by Gasteiger charge is 2.19. The molecule has 0 bridgehead atoms. The Labute approximate surface area is 127 Å². The van der Waals surface area contributed by atoms with E-state index in [9.17, 15) is 0 Å². The molecule has 114 valence electrons. The first kappa shape index (κ1) is 14.6. The second kappa shape index (κ2) is 6.63. The molecular formula is C18H27N3. The zero-order valence-corrected chi connectivity index (χ0v) is 13.2. The first-order chi connectivity index (χ1) is 10.2. The minimum absolute atomic E-state index is 0.628. The molecule has 3 rings (SSSR count). The van der Waals surface area contributed by atoms with E-state index in [1.165, 1.54) is 42.4 Å². The molecule has 1 saturated heterocycles. The Balaban J connectivity index is 1.50. The molecule has 21 heavy (non-hydrogen) atoms. The summed E-state index contributed by atoms with van der Waals surface area (Å²) in [5.41, 5.74) is 2.61.